The predicted molar refractivity (Wildman–Crippen MR) is 94.7 cm³/mol. The molecule has 0 unspecified atom stereocenters. The Bertz CT molecular complexity index is 810. The Morgan fingerprint density at radius 2 is 2.20 bits per heavy atom. The molecular formula is C19H23N5O. The Balaban J connectivity index is 1.40. The van der Waals surface area contributed by atoms with Gasteiger partial charge in [0.2, 0.25) is 0 Å². The van der Waals surface area contributed by atoms with Gasteiger partial charge in [0.1, 0.15) is 0 Å². The number of fused-ring (bicyclic) bond motifs is 1. The molecule has 6 heteroatoms. The van der Waals surface area contributed by atoms with E-state index in [1.165, 1.54) is 11.3 Å². The molecule has 0 aromatic carbocycles. The maximum Gasteiger partial charge on any atom is 0.0888 e. The van der Waals surface area contributed by atoms with Crippen molar-refractivity contribution in [2.24, 2.45) is 7.05 Å². The molecule has 1 aliphatic rings. The van der Waals surface area contributed by atoms with Crippen molar-refractivity contribution in [2.75, 3.05) is 13.2 Å². The highest BCUT2D eigenvalue weighted by molar-refractivity contribution is 5.13. The van der Waals surface area contributed by atoms with Crippen LogP contribution in [0.4, 0.5) is 0 Å². The van der Waals surface area contributed by atoms with Crippen LogP contribution in [0, 0.1) is 0 Å². The molecule has 0 radical (unpaired) electrons. The van der Waals surface area contributed by atoms with Crippen LogP contribution < -0.4 is 0 Å². The van der Waals surface area contributed by atoms with E-state index in [4.69, 9.17) is 4.74 Å². The number of pyridine rings is 1. The normalized spacial score (nSPS) is 17.6. The van der Waals surface area contributed by atoms with Gasteiger partial charge in [-0.25, -0.2) is 0 Å². The minimum atomic E-state index is 0.319. The van der Waals surface area contributed by atoms with E-state index in [1.54, 1.807) is 6.20 Å². The Labute approximate surface area is 147 Å². The van der Waals surface area contributed by atoms with E-state index in [2.05, 4.69) is 44.1 Å². The van der Waals surface area contributed by atoms with Crippen LogP contribution in [0.1, 0.15) is 23.0 Å². The highest BCUT2D eigenvalue weighted by Gasteiger charge is 2.24. The fourth-order valence-electron chi connectivity index (χ4n) is 3.45. The lowest BCUT2D eigenvalue weighted by Gasteiger charge is -2.34. The van der Waals surface area contributed by atoms with Crippen LogP contribution in [-0.2, 0) is 31.5 Å². The first-order valence-corrected chi connectivity index (χ1v) is 8.61. The topological polar surface area (TPSA) is 48.1 Å². The van der Waals surface area contributed by atoms with Crippen molar-refractivity contribution in [1.29, 1.82) is 0 Å². The van der Waals surface area contributed by atoms with Crippen molar-refractivity contribution in [2.45, 2.75) is 25.7 Å². The van der Waals surface area contributed by atoms with E-state index in [0.29, 0.717) is 19.3 Å². The van der Waals surface area contributed by atoms with E-state index < -0.39 is 0 Å². The minimum Gasteiger partial charge on any atom is -0.373 e. The molecule has 130 valence electrons. The Hall–Kier alpha value is -2.44. The molecule has 0 saturated carbocycles. The van der Waals surface area contributed by atoms with Crippen LogP contribution in [-0.4, -0.2) is 37.4 Å². The van der Waals surface area contributed by atoms with Gasteiger partial charge in [0.15, 0.2) is 0 Å². The average molecular weight is 337 g/mol. The second-order valence-corrected chi connectivity index (χ2v) is 6.59. The number of aromatic nitrogens is 4. The summed E-state index contributed by atoms with van der Waals surface area (Å²) in [5, 5.41) is 4.27. The van der Waals surface area contributed by atoms with Crippen LogP contribution in [0.2, 0.25) is 0 Å². The number of aryl methyl sites for hydroxylation is 1. The van der Waals surface area contributed by atoms with Gasteiger partial charge >= 0.3 is 0 Å². The van der Waals surface area contributed by atoms with Gasteiger partial charge in [-0.2, -0.15) is 5.10 Å². The first-order chi connectivity index (χ1) is 12.3. The van der Waals surface area contributed by atoms with E-state index in [-0.39, 0.29) is 0 Å². The maximum atomic E-state index is 5.96. The summed E-state index contributed by atoms with van der Waals surface area (Å²) in [4.78, 5) is 6.78. The van der Waals surface area contributed by atoms with E-state index in [1.807, 2.05) is 36.1 Å². The summed E-state index contributed by atoms with van der Waals surface area (Å²) < 4.78 is 10.2. The van der Waals surface area contributed by atoms with Crippen molar-refractivity contribution in [1.82, 2.24) is 24.2 Å². The number of hydrogen-bond acceptors (Lipinski definition) is 4. The Morgan fingerprint density at radius 3 is 3.00 bits per heavy atom. The third kappa shape index (κ3) is 3.81. The highest BCUT2D eigenvalue weighted by Crippen LogP contribution is 2.23. The number of ether oxygens (including phenoxy) is 1. The molecule has 3 aromatic heterocycles. The number of nitrogens with zero attached hydrogens (tertiary/aromatic N) is 5. The molecule has 3 aromatic rings. The van der Waals surface area contributed by atoms with Crippen molar-refractivity contribution in [3.05, 3.63) is 72.1 Å². The summed E-state index contributed by atoms with van der Waals surface area (Å²) >= 11 is 0. The summed E-state index contributed by atoms with van der Waals surface area (Å²) in [5.74, 6) is 0. The summed E-state index contributed by atoms with van der Waals surface area (Å²) in [5.41, 5.74) is 3.55. The summed E-state index contributed by atoms with van der Waals surface area (Å²) in [6, 6.07) is 10.5. The van der Waals surface area contributed by atoms with Crippen molar-refractivity contribution in [3.8, 4) is 0 Å². The summed E-state index contributed by atoms with van der Waals surface area (Å²) in [6.07, 6.45) is 7.99. The van der Waals surface area contributed by atoms with Gasteiger partial charge in [-0.3, -0.25) is 14.6 Å². The third-order valence-electron chi connectivity index (χ3n) is 4.57. The second-order valence-electron chi connectivity index (χ2n) is 6.59. The van der Waals surface area contributed by atoms with Crippen LogP contribution >= 0.6 is 0 Å². The molecule has 0 fully saturated rings. The monoisotopic (exact) mass is 337 g/mol. The lowest BCUT2D eigenvalue weighted by atomic mass is 10.1. The van der Waals surface area contributed by atoms with Gasteiger partial charge in [-0.05, 0) is 24.3 Å². The van der Waals surface area contributed by atoms with Crippen LogP contribution in [0.25, 0.3) is 0 Å². The van der Waals surface area contributed by atoms with Crippen molar-refractivity contribution >= 4 is 0 Å². The second kappa shape index (κ2) is 7.21. The smallest absolute Gasteiger partial charge is 0.0888 e. The molecule has 0 aliphatic carbocycles. The Kier molecular flexibility index (Phi) is 4.63. The van der Waals surface area contributed by atoms with Gasteiger partial charge in [0, 0.05) is 56.5 Å². The number of rotatable bonds is 6. The van der Waals surface area contributed by atoms with Gasteiger partial charge in [0.25, 0.3) is 0 Å². The molecule has 25 heavy (non-hydrogen) atoms. The first-order valence-electron chi connectivity index (χ1n) is 8.61. The standard InChI is InChI=1S/C19H23N5O/c1-22-10-16(9-21-22)11-23-12-18-6-4-8-24(18)19(13-23)15-25-14-17-5-2-3-7-20-17/h2-10,19H,11-15H2,1H3/t19-/m0/s1. The maximum absolute atomic E-state index is 5.96. The van der Waals surface area contributed by atoms with Gasteiger partial charge in [-0.15, -0.1) is 0 Å². The molecular weight excluding hydrogens is 314 g/mol. The zero-order valence-corrected chi connectivity index (χ0v) is 14.5. The van der Waals surface area contributed by atoms with Gasteiger partial charge in [-0.1, -0.05) is 6.07 Å². The zero-order chi connectivity index (χ0) is 17.1. The summed E-state index contributed by atoms with van der Waals surface area (Å²) in [7, 11) is 1.96. The Morgan fingerprint density at radius 1 is 1.24 bits per heavy atom. The molecule has 0 N–H and O–H groups in total. The highest BCUT2D eigenvalue weighted by atomic mass is 16.5. The number of hydrogen-bond donors (Lipinski definition) is 0. The van der Waals surface area contributed by atoms with Crippen LogP contribution in [0.3, 0.4) is 0 Å². The molecule has 1 atom stereocenters. The molecule has 0 amide bonds. The van der Waals surface area contributed by atoms with Gasteiger partial charge in [0.05, 0.1) is 31.1 Å². The molecule has 4 rings (SSSR count). The molecule has 1 aliphatic heterocycles. The fraction of sp³-hybridized carbons (Fsp3) is 0.368. The SMILES string of the molecule is Cn1cc(CN2Cc3cccn3[C@H](COCc3ccccn3)C2)cn1. The molecule has 0 saturated heterocycles. The van der Waals surface area contributed by atoms with Crippen LogP contribution in [0.5, 0.6) is 0 Å². The minimum absolute atomic E-state index is 0.319. The lowest BCUT2D eigenvalue weighted by Crippen LogP contribution is -2.38. The van der Waals surface area contributed by atoms with E-state index in [0.717, 1.165) is 25.3 Å². The van der Waals surface area contributed by atoms with Crippen LogP contribution in [0.15, 0.2) is 55.1 Å². The molecule has 4 heterocycles. The van der Waals surface area contributed by atoms with Gasteiger partial charge < -0.3 is 9.30 Å². The third-order valence-corrected chi connectivity index (χ3v) is 4.57. The fourth-order valence-corrected chi connectivity index (χ4v) is 3.45. The first kappa shape index (κ1) is 16.1. The predicted octanol–water partition coefficient (Wildman–Crippen LogP) is 2.39. The van der Waals surface area contributed by atoms with Crippen molar-refractivity contribution in [3.63, 3.8) is 0 Å². The molecule has 0 spiro atoms. The molecule has 0 bridgehead atoms. The molecule has 6 nitrogen and oxygen atoms in total. The average Bonchev–Trinajstić information content (AvgIpc) is 3.25. The van der Waals surface area contributed by atoms with E-state index in [9.17, 15) is 0 Å². The zero-order valence-electron chi connectivity index (χ0n) is 14.5. The van der Waals surface area contributed by atoms with Crippen molar-refractivity contribution < 1.29 is 4.74 Å². The summed E-state index contributed by atoms with van der Waals surface area (Å²) in [6.45, 7) is 4.07. The quantitative estimate of drug-likeness (QED) is 0.693. The van der Waals surface area contributed by atoms with E-state index >= 15 is 0 Å². The largest absolute Gasteiger partial charge is 0.373 e. The lowest BCUT2D eigenvalue weighted by molar-refractivity contribution is 0.0574.